The maximum absolute atomic E-state index is 12.6. The molecule has 5 nitrogen and oxygen atoms in total. The van der Waals surface area contributed by atoms with E-state index in [1.165, 1.54) is 32.1 Å². The molecule has 1 aliphatic heterocycles. The molecule has 1 aliphatic rings. The molecule has 0 atom stereocenters. The van der Waals surface area contributed by atoms with Crippen molar-refractivity contribution in [1.82, 2.24) is 4.90 Å². The molecule has 1 aromatic rings. The van der Waals surface area contributed by atoms with Crippen molar-refractivity contribution in [3.8, 4) is 5.75 Å². The van der Waals surface area contributed by atoms with Crippen LogP contribution >= 0.6 is 0 Å². The van der Waals surface area contributed by atoms with Gasteiger partial charge in [-0.05, 0) is 24.1 Å². The molecule has 0 spiro atoms. The molecule has 0 fully saturated rings. The van der Waals surface area contributed by atoms with Crippen LogP contribution in [0, 0.1) is 0 Å². The maximum atomic E-state index is 12.6. The van der Waals surface area contributed by atoms with Gasteiger partial charge in [0.15, 0.2) is 5.76 Å². The molecule has 2 amide bonds. The summed E-state index contributed by atoms with van der Waals surface area (Å²) >= 11 is 0. The van der Waals surface area contributed by atoms with E-state index < -0.39 is 17.6 Å². The predicted octanol–water partition coefficient (Wildman–Crippen LogP) is 4.47. The van der Waals surface area contributed by atoms with Crippen LogP contribution in [-0.2, 0) is 9.59 Å². The van der Waals surface area contributed by atoms with Gasteiger partial charge in [-0.15, -0.1) is 0 Å². The van der Waals surface area contributed by atoms with Crippen LogP contribution in [0.1, 0.15) is 63.9 Å². The Morgan fingerprint density at radius 3 is 2.04 bits per heavy atom. The minimum absolute atomic E-state index is 0.0808. The highest BCUT2D eigenvalue weighted by Gasteiger charge is 2.38. The Bertz CT molecular complexity index is 648. The number of nitrogens with zero attached hydrogens (tertiary/aromatic N) is 1. The molecule has 0 radical (unpaired) electrons. The van der Waals surface area contributed by atoms with Gasteiger partial charge >= 0.3 is 0 Å². The zero-order valence-corrected chi connectivity index (χ0v) is 15.8. The third-order valence-electron chi connectivity index (χ3n) is 4.76. The third-order valence-corrected chi connectivity index (χ3v) is 4.76. The first-order valence-corrected chi connectivity index (χ1v) is 9.54. The standard InChI is InChI=1S/C21H29NO4/c1-3-4-5-6-7-8-9-10-15-22-20(24)18(19(23)21(22)25)16-11-13-17(26-2)14-12-16/h11-14,23H,3-10,15H2,1-2H3. The van der Waals surface area contributed by atoms with Crippen molar-refractivity contribution in [3.63, 3.8) is 0 Å². The summed E-state index contributed by atoms with van der Waals surface area (Å²) in [5.74, 6) is -0.814. The first-order chi connectivity index (χ1) is 12.6. The van der Waals surface area contributed by atoms with Gasteiger partial charge in [-0.1, -0.05) is 64.0 Å². The van der Waals surface area contributed by atoms with Crippen molar-refractivity contribution in [2.75, 3.05) is 13.7 Å². The fraction of sp³-hybridized carbons (Fsp3) is 0.524. The quantitative estimate of drug-likeness (QED) is 0.467. The molecule has 26 heavy (non-hydrogen) atoms. The molecule has 1 N–H and O–H groups in total. The van der Waals surface area contributed by atoms with Crippen LogP contribution < -0.4 is 4.74 Å². The van der Waals surface area contributed by atoms with Crippen LogP contribution in [0.15, 0.2) is 30.0 Å². The summed E-state index contributed by atoms with van der Waals surface area (Å²) in [6.45, 7) is 2.56. The van der Waals surface area contributed by atoms with Crippen LogP contribution in [0.4, 0.5) is 0 Å². The van der Waals surface area contributed by atoms with Gasteiger partial charge in [-0.25, -0.2) is 0 Å². The van der Waals surface area contributed by atoms with Crippen molar-refractivity contribution >= 4 is 17.4 Å². The van der Waals surface area contributed by atoms with Crippen molar-refractivity contribution in [2.45, 2.75) is 58.3 Å². The van der Waals surface area contributed by atoms with Gasteiger partial charge in [0.2, 0.25) is 0 Å². The molecule has 0 aromatic heterocycles. The minimum atomic E-state index is -0.594. The Labute approximate surface area is 155 Å². The molecule has 0 unspecified atom stereocenters. The van der Waals surface area contributed by atoms with Crippen LogP contribution in [0.3, 0.4) is 0 Å². The number of hydrogen-bond donors (Lipinski definition) is 1. The van der Waals surface area contributed by atoms with E-state index in [1.54, 1.807) is 31.4 Å². The smallest absolute Gasteiger partial charge is 0.296 e. The number of benzene rings is 1. The highest BCUT2D eigenvalue weighted by molar-refractivity contribution is 6.34. The normalized spacial score (nSPS) is 14.5. The summed E-state index contributed by atoms with van der Waals surface area (Å²) in [7, 11) is 1.56. The molecule has 0 saturated heterocycles. The topological polar surface area (TPSA) is 66.8 Å². The Balaban J connectivity index is 1.85. The number of imide groups is 1. The van der Waals surface area contributed by atoms with Crippen molar-refractivity contribution in [3.05, 3.63) is 35.6 Å². The van der Waals surface area contributed by atoms with Crippen LogP contribution in [0.25, 0.3) is 5.57 Å². The summed E-state index contributed by atoms with van der Waals surface area (Å²) in [5, 5.41) is 10.1. The Morgan fingerprint density at radius 2 is 1.46 bits per heavy atom. The largest absolute Gasteiger partial charge is 0.502 e. The molecule has 0 saturated carbocycles. The SMILES string of the molecule is CCCCCCCCCCN1C(=O)C(O)=C(c2ccc(OC)cc2)C1=O. The fourth-order valence-corrected chi connectivity index (χ4v) is 3.19. The predicted molar refractivity (Wildman–Crippen MR) is 102 cm³/mol. The van der Waals surface area contributed by atoms with Crippen molar-refractivity contribution in [2.24, 2.45) is 0 Å². The maximum Gasteiger partial charge on any atom is 0.296 e. The zero-order valence-electron chi connectivity index (χ0n) is 15.8. The van der Waals surface area contributed by atoms with Crippen molar-refractivity contribution < 1.29 is 19.4 Å². The van der Waals surface area contributed by atoms with Gasteiger partial charge in [0.25, 0.3) is 11.8 Å². The average molecular weight is 359 g/mol. The van der Waals surface area contributed by atoms with Gasteiger partial charge < -0.3 is 9.84 Å². The molecule has 5 heteroatoms. The summed E-state index contributed by atoms with van der Waals surface area (Å²) in [4.78, 5) is 26.0. The van der Waals surface area contributed by atoms with Gasteiger partial charge in [-0.3, -0.25) is 14.5 Å². The van der Waals surface area contributed by atoms with E-state index in [-0.39, 0.29) is 5.57 Å². The number of methoxy groups -OCH3 is 1. The van der Waals surface area contributed by atoms with Crippen LogP contribution in [-0.4, -0.2) is 35.5 Å². The van der Waals surface area contributed by atoms with E-state index >= 15 is 0 Å². The van der Waals surface area contributed by atoms with Gasteiger partial charge in [-0.2, -0.15) is 0 Å². The van der Waals surface area contributed by atoms with E-state index in [0.29, 0.717) is 17.9 Å². The van der Waals surface area contributed by atoms with Crippen molar-refractivity contribution in [1.29, 1.82) is 0 Å². The lowest BCUT2D eigenvalue weighted by molar-refractivity contribution is -0.138. The monoisotopic (exact) mass is 359 g/mol. The number of rotatable bonds is 11. The molecule has 142 valence electrons. The lowest BCUT2D eigenvalue weighted by Crippen LogP contribution is -2.32. The molecule has 0 aliphatic carbocycles. The molecular weight excluding hydrogens is 330 g/mol. The second kappa shape index (κ2) is 10.00. The minimum Gasteiger partial charge on any atom is -0.502 e. The number of amides is 2. The van der Waals surface area contributed by atoms with Gasteiger partial charge in [0, 0.05) is 6.54 Å². The highest BCUT2D eigenvalue weighted by atomic mass is 16.5. The summed E-state index contributed by atoms with van der Waals surface area (Å²) in [6, 6.07) is 6.76. The first-order valence-electron chi connectivity index (χ1n) is 9.54. The van der Waals surface area contributed by atoms with E-state index in [9.17, 15) is 14.7 Å². The number of aliphatic hydroxyl groups excluding tert-OH is 1. The third kappa shape index (κ3) is 4.87. The average Bonchev–Trinajstić information content (AvgIpc) is 2.87. The lowest BCUT2D eigenvalue weighted by atomic mass is 10.1. The van der Waals surface area contributed by atoms with Crippen LogP contribution in [0.2, 0.25) is 0 Å². The Kier molecular flexibility index (Phi) is 7.70. The summed E-state index contributed by atoms with van der Waals surface area (Å²) in [5.41, 5.74) is 0.609. The number of carbonyl (C=O) groups excluding carboxylic acids is 2. The number of ether oxygens (including phenoxy) is 1. The zero-order chi connectivity index (χ0) is 18.9. The number of hydrogen-bond acceptors (Lipinski definition) is 4. The van der Waals surface area contributed by atoms with Crippen LogP contribution in [0.5, 0.6) is 5.75 Å². The molecule has 2 rings (SSSR count). The number of carbonyl (C=O) groups is 2. The Hall–Kier alpha value is -2.30. The van der Waals surface area contributed by atoms with Gasteiger partial charge in [0.1, 0.15) is 5.75 Å². The number of aliphatic hydroxyl groups is 1. The van der Waals surface area contributed by atoms with E-state index in [1.807, 2.05) is 0 Å². The van der Waals surface area contributed by atoms with E-state index in [0.717, 1.165) is 24.2 Å². The first kappa shape index (κ1) is 20.0. The number of unbranched alkanes of at least 4 members (excludes halogenated alkanes) is 7. The second-order valence-corrected chi connectivity index (χ2v) is 6.69. The highest BCUT2D eigenvalue weighted by Crippen LogP contribution is 2.29. The Morgan fingerprint density at radius 1 is 0.885 bits per heavy atom. The molecular formula is C21H29NO4. The lowest BCUT2D eigenvalue weighted by Gasteiger charge is -2.14. The summed E-state index contributed by atoms with van der Waals surface area (Å²) in [6.07, 6.45) is 9.13. The summed E-state index contributed by atoms with van der Waals surface area (Å²) < 4.78 is 5.09. The van der Waals surface area contributed by atoms with Gasteiger partial charge in [0.05, 0.1) is 12.7 Å². The molecule has 1 aromatic carbocycles. The second-order valence-electron chi connectivity index (χ2n) is 6.69. The van der Waals surface area contributed by atoms with E-state index in [4.69, 9.17) is 4.74 Å². The fourth-order valence-electron chi connectivity index (χ4n) is 3.19. The molecule has 0 bridgehead atoms. The molecule has 1 heterocycles. The van der Waals surface area contributed by atoms with E-state index in [2.05, 4.69) is 6.92 Å².